The first-order valence-corrected chi connectivity index (χ1v) is 6.08. The van der Waals surface area contributed by atoms with Gasteiger partial charge in [-0.05, 0) is 43.5 Å². The average molecular weight is 402 g/mol. The number of rotatable bonds is 4. The van der Waals surface area contributed by atoms with E-state index in [0.717, 1.165) is 25.3 Å². The molecule has 0 spiro atoms. The number of likely N-dealkylation sites (tertiary alicyclic amines) is 1. The predicted molar refractivity (Wildman–Crippen MR) is 66.4 cm³/mol. The van der Waals surface area contributed by atoms with Gasteiger partial charge in [0, 0.05) is 27.1 Å². The Balaban J connectivity index is 0.00000144. The molecule has 0 saturated carbocycles. The summed E-state index contributed by atoms with van der Waals surface area (Å²) < 4.78 is 5.78. The van der Waals surface area contributed by atoms with Crippen molar-refractivity contribution in [3.63, 3.8) is 0 Å². The summed E-state index contributed by atoms with van der Waals surface area (Å²) in [5, 5.41) is 0. The van der Waals surface area contributed by atoms with Crippen LogP contribution in [-0.4, -0.2) is 24.1 Å². The van der Waals surface area contributed by atoms with Gasteiger partial charge in [0.1, 0.15) is 12.4 Å². The molecule has 2 rings (SSSR count). The first kappa shape index (κ1) is 14.7. The van der Waals surface area contributed by atoms with E-state index < -0.39 is 0 Å². The zero-order valence-corrected chi connectivity index (χ0v) is 13.3. The van der Waals surface area contributed by atoms with Crippen molar-refractivity contribution >= 4 is 0 Å². The van der Waals surface area contributed by atoms with Crippen LogP contribution in [0, 0.1) is 7.05 Å². The van der Waals surface area contributed by atoms with Crippen LogP contribution in [0.2, 0.25) is 0 Å². The molecule has 0 unspecified atom stereocenters. The average Bonchev–Trinajstić information content (AvgIpc) is 2.73. The standard InChI is InChI=1S/C14H20NO.W/c1-3-12-6-8-14(9-7-12)16-11-13-5-4-10-15(13)2;/h6-9,13H,2-5,10-11H2,1H3;/q-1;/t13-;/m1./s1. The van der Waals surface area contributed by atoms with Gasteiger partial charge in [-0.15, -0.1) is 0 Å². The minimum atomic E-state index is 0. The van der Waals surface area contributed by atoms with E-state index in [4.69, 9.17) is 4.74 Å². The first-order valence-electron chi connectivity index (χ1n) is 6.08. The molecule has 0 amide bonds. The summed E-state index contributed by atoms with van der Waals surface area (Å²) in [5.41, 5.74) is 1.35. The van der Waals surface area contributed by atoms with Crippen molar-refractivity contribution in [2.45, 2.75) is 32.2 Å². The van der Waals surface area contributed by atoms with Crippen LogP contribution in [0.4, 0.5) is 0 Å². The third-order valence-corrected chi connectivity index (χ3v) is 3.27. The van der Waals surface area contributed by atoms with E-state index in [-0.39, 0.29) is 21.1 Å². The van der Waals surface area contributed by atoms with Crippen molar-refractivity contribution in [1.29, 1.82) is 0 Å². The van der Waals surface area contributed by atoms with Crippen LogP contribution >= 0.6 is 0 Å². The van der Waals surface area contributed by atoms with Crippen molar-refractivity contribution in [1.82, 2.24) is 4.90 Å². The second kappa shape index (κ2) is 7.18. The van der Waals surface area contributed by atoms with Gasteiger partial charge in [0.15, 0.2) is 0 Å². The maximum atomic E-state index is 5.78. The Morgan fingerprint density at radius 1 is 1.35 bits per heavy atom. The molecule has 0 N–H and O–H groups in total. The molecule has 0 aliphatic carbocycles. The molecular formula is C14H20NOW-. The smallest absolute Gasteiger partial charge is 0.119 e. The molecule has 0 bridgehead atoms. The van der Waals surface area contributed by atoms with Crippen molar-refractivity contribution in [2.24, 2.45) is 0 Å². The molecular weight excluding hydrogens is 382 g/mol. The van der Waals surface area contributed by atoms with Crippen LogP contribution in [0.3, 0.4) is 0 Å². The fourth-order valence-electron chi connectivity index (χ4n) is 2.10. The number of benzene rings is 1. The molecule has 1 heterocycles. The second-order valence-electron chi connectivity index (χ2n) is 4.42. The second-order valence-corrected chi connectivity index (χ2v) is 4.42. The van der Waals surface area contributed by atoms with Gasteiger partial charge in [0.25, 0.3) is 0 Å². The number of hydrogen-bond acceptors (Lipinski definition) is 2. The van der Waals surface area contributed by atoms with Gasteiger partial charge in [-0.25, -0.2) is 0 Å². The molecule has 0 aromatic heterocycles. The topological polar surface area (TPSA) is 12.5 Å². The minimum Gasteiger partial charge on any atom is -0.492 e. The molecule has 3 heteroatoms. The van der Waals surface area contributed by atoms with Crippen LogP contribution in [0.5, 0.6) is 5.75 Å². The molecule has 1 aromatic rings. The summed E-state index contributed by atoms with van der Waals surface area (Å²) in [7, 11) is 4.01. The fraction of sp³-hybridized carbons (Fsp3) is 0.500. The van der Waals surface area contributed by atoms with E-state index in [1.807, 2.05) is 0 Å². The van der Waals surface area contributed by atoms with E-state index in [9.17, 15) is 0 Å². The monoisotopic (exact) mass is 402 g/mol. The van der Waals surface area contributed by atoms with Gasteiger partial charge in [0.05, 0.1) is 0 Å². The maximum absolute atomic E-state index is 5.78. The van der Waals surface area contributed by atoms with Crippen LogP contribution in [-0.2, 0) is 27.5 Å². The normalized spacial score (nSPS) is 20.0. The molecule has 1 atom stereocenters. The van der Waals surface area contributed by atoms with E-state index in [1.165, 1.54) is 18.4 Å². The van der Waals surface area contributed by atoms with Crippen LogP contribution < -0.4 is 4.74 Å². The van der Waals surface area contributed by atoms with E-state index in [2.05, 4.69) is 43.1 Å². The van der Waals surface area contributed by atoms with Crippen LogP contribution in [0.1, 0.15) is 25.3 Å². The zero-order chi connectivity index (χ0) is 11.4. The van der Waals surface area contributed by atoms with Gasteiger partial charge >= 0.3 is 0 Å². The van der Waals surface area contributed by atoms with Crippen LogP contribution in [0.15, 0.2) is 24.3 Å². The predicted octanol–water partition coefficient (Wildman–Crippen LogP) is 2.88. The Hall–Kier alpha value is -0.332. The fourth-order valence-corrected chi connectivity index (χ4v) is 2.10. The van der Waals surface area contributed by atoms with Crippen molar-refractivity contribution in [3.05, 3.63) is 36.9 Å². The van der Waals surface area contributed by atoms with Gasteiger partial charge in [-0.3, -0.25) is 7.05 Å². The maximum Gasteiger partial charge on any atom is 0.119 e. The Kier molecular flexibility index (Phi) is 6.22. The quantitative estimate of drug-likeness (QED) is 0.719. The molecule has 1 aliphatic heterocycles. The molecule has 0 radical (unpaired) electrons. The van der Waals surface area contributed by atoms with Crippen molar-refractivity contribution < 1.29 is 25.8 Å². The summed E-state index contributed by atoms with van der Waals surface area (Å²) in [5.74, 6) is 0.970. The van der Waals surface area contributed by atoms with E-state index >= 15 is 0 Å². The molecule has 1 fully saturated rings. The number of hydrogen-bond donors (Lipinski definition) is 0. The largest absolute Gasteiger partial charge is 0.492 e. The Morgan fingerprint density at radius 3 is 2.59 bits per heavy atom. The van der Waals surface area contributed by atoms with Crippen LogP contribution in [0.25, 0.3) is 0 Å². The Morgan fingerprint density at radius 2 is 2.06 bits per heavy atom. The first-order chi connectivity index (χ1) is 7.79. The van der Waals surface area contributed by atoms with Gasteiger partial charge in [-0.2, -0.15) is 0 Å². The third kappa shape index (κ3) is 4.12. The number of nitrogens with zero attached hydrogens (tertiary/aromatic N) is 1. The van der Waals surface area contributed by atoms with Crippen molar-refractivity contribution in [3.8, 4) is 5.75 Å². The van der Waals surface area contributed by atoms with Gasteiger partial charge in [-0.1, -0.05) is 19.1 Å². The van der Waals surface area contributed by atoms with Crippen molar-refractivity contribution in [2.75, 3.05) is 13.2 Å². The van der Waals surface area contributed by atoms with Gasteiger partial charge < -0.3 is 9.64 Å². The number of ether oxygens (including phenoxy) is 1. The Bertz CT molecular complexity index is 325. The van der Waals surface area contributed by atoms with Gasteiger partial charge in [0.2, 0.25) is 0 Å². The molecule has 17 heavy (non-hydrogen) atoms. The number of aryl methyl sites for hydroxylation is 1. The molecule has 94 valence electrons. The SMILES string of the molecule is [CH2-]N1CCC[C@@H]1COc1ccc(CC)cc1.[W]. The molecule has 1 saturated heterocycles. The Labute approximate surface area is 119 Å². The zero-order valence-electron chi connectivity index (χ0n) is 10.4. The molecule has 1 aromatic carbocycles. The molecule has 1 aliphatic rings. The molecule has 2 nitrogen and oxygen atoms in total. The summed E-state index contributed by atoms with van der Waals surface area (Å²) in [6.07, 6.45) is 3.53. The minimum absolute atomic E-state index is 0. The summed E-state index contributed by atoms with van der Waals surface area (Å²) in [4.78, 5) is 2.14. The summed E-state index contributed by atoms with van der Waals surface area (Å²) in [6, 6.07) is 8.87. The summed E-state index contributed by atoms with van der Waals surface area (Å²) in [6.45, 7) is 4.02. The van der Waals surface area contributed by atoms with E-state index in [0.29, 0.717) is 6.04 Å². The van der Waals surface area contributed by atoms with E-state index in [1.54, 1.807) is 0 Å². The third-order valence-electron chi connectivity index (χ3n) is 3.27. The summed E-state index contributed by atoms with van der Waals surface area (Å²) >= 11 is 0.